The van der Waals surface area contributed by atoms with Gasteiger partial charge in [-0.3, -0.25) is 19.6 Å². The molecule has 0 aliphatic rings. The molecule has 0 fully saturated rings. The highest BCUT2D eigenvalue weighted by atomic mass is 32.1. The van der Waals surface area contributed by atoms with E-state index in [9.17, 15) is 19.2 Å². The number of aromatic amines is 2. The summed E-state index contributed by atoms with van der Waals surface area (Å²) >= 11 is 7.36. The van der Waals surface area contributed by atoms with Gasteiger partial charge in [0.05, 0.1) is 0 Å². The van der Waals surface area contributed by atoms with E-state index in [2.05, 4.69) is 25.6 Å². The second kappa shape index (κ2) is 6.12. The summed E-state index contributed by atoms with van der Waals surface area (Å²) in [6.45, 7) is 0. The molecule has 2 heterocycles. The maximum atomic E-state index is 10.5. The van der Waals surface area contributed by atoms with Crippen molar-refractivity contribution in [2.24, 2.45) is 0 Å². The standard InChI is InChI=1S/2C4H4N2O2S/c2*7-3-1-2-6(9)4(8)5-3/h2*1-2,9H,(H,5,7,8). The molecule has 18 heavy (non-hydrogen) atoms. The van der Waals surface area contributed by atoms with E-state index < -0.39 is 22.5 Å². The van der Waals surface area contributed by atoms with E-state index in [1.807, 2.05) is 9.97 Å². The van der Waals surface area contributed by atoms with Crippen LogP contribution < -0.4 is 22.5 Å². The van der Waals surface area contributed by atoms with Crippen LogP contribution >= 0.6 is 25.6 Å². The Kier molecular flexibility index (Phi) is 4.80. The van der Waals surface area contributed by atoms with Gasteiger partial charge in [-0.15, -0.1) is 0 Å². The van der Waals surface area contributed by atoms with Crippen LogP contribution in [-0.4, -0.2) is 17.9 Å². The van der Waals surface area contributed by atoms with Crippen molar-refractivity contribution >= 4 is 25.6 Å². The van der Waals surface area contributed by atoms with E-state index in [-0.39, 0.29) is 0 Å². The highest BCUT2D eigenvalue weighted by Crippen LogP contribution is 1.73. The van der Waals surface area contributed by atoms with Crippen LogP contribution in [0.4, 0.5) is 0 Å². The summed E-state index contributed by atoms with van der Waals surface area (Å²) in [4.78, 5) is 45.6. The van der Waals surface area contributed by atoms with Gasteiger partial charge in [0.2, 0.25) is 0 Å². The molecule has 10 heteroatoms. The van der Waals surface area contributed by atoms with Crippen molar-refractivity contribution in [3.05, 3.63) is 66.2 Å². The fourth-order valence-electron chi connectivity index (χ4n) is 0.821. The van der Waals surface area contributed by atoms with Gasteiger partial charge in [-0.1, -0.05) is 25.6 Å². The van der Waals surface area contributed by atoms with Crippen molar-refractivity contribution in [2.75, 3.05) is 0 Å². The molecule has 0 unspecified atom stereocenters. The molecule has 0 atom stereocenters. The molecule has 0 radical (unpaired) electrons. The molecule has 0 saturated heterocycles. The number of hydrogen-bond donors (Lipinski definition) is 4. The Morgan fingerprint density at radius 2 is 1.11 bits per heavy atom. The Hall–Kier alpha value is -1.94. The third kappa shape index (κ3) is 4.14. The van der Waals surface area contributed by atoms with E-state index in [4.69, 9.17) is 0 Å². The second-order valence-electron chi connectivity index (χ2n) is 2.91. The lowest BCUT2D eigenvalue weighted by atomic mass is 10.7. The van der Waals surface area contributed by atoms with Crippen LogP contribution in [-0.2, 0) is 0 Å². The fourth-order valence-corrected chi connectivity index (χ4v) is 1.05. The topological polar surface area (TPSA) is 110 Å². The summed E-state index contributed by atoms with van der Waals surface area (Å²) in [5.41, 5.74) is -1.87. The van der Waals surface area contributed by atoms with Crippen molar-refractivity contribution in [2.45, 2.75) is 0 Å². The number of aromatic nitrogens is 4. The zero-order valence-corrected chi connectivity index (χ0v) is 10.5. The Morgan fingerprint density at radius 1 is 0.778 bits per heavy atom. The molecule has 96 valence electrons. The molecule has 2 rings (SSSR count). The minimum Gasteiger partial charge on any atom is -0.273 e. The lowest BCUT2D eigenvalue weighted by Crippen LogP contribution is -2.23. The van der Waals surface area contributed by atoms with E-state index in [1.165, 1.54) is 24.5 Å². The van der Waals surface area contributed by atoms with Crippen LogP contribution in [0, 0.1) is 0 Å². The maximum Gasteiger partial charge on any atom is 0.338 e. The van der Waals surface area contributed by atoms with E-state index >= 15 is 0 Å². The third-order valence-electron chi connectivity index (χ3n) is 1.61. The van der Waals surface area contributed by atoms with Gasteiger partial charge in [-0.2, -0.15) is 0 Å². The van der Waals surface area contributed by atoms with Gasteiger partial charge in [0, 0.05) is 24.5 Å². The average molecular weight is 288 g/mol. The van der Waals surface area contributed by atoms with Gasteiger partial charge in [0.1, 0.15) is 0 Å². The molecule has 0 aliphatic heterocycles. The monoisotopic (exact) mass is 288 g/mol. The first-order chi connectivity index (χ1) is 8.40. The summed E-state index contributed by atoms with van der Waals surface area (Å²) in [7, 11) is 0. The Balaban J connectivity index is 0.000000180. The van der Waals surface area contributed by atoms with Gasteiger partial charge in [0.25, 0.3) is 11.1 Å². The van der Waals surface area contributed by atoms with Crippen molar-refractivity contribution in [1.82, 2.24) is 17.9 Å². The maximum absolute atomic E-state index is 10.5. The zero-order valence-electron chi connectivity index (χ0n) is 8.73. The summed E-state index contributed by atoms with van der Waals surface area (Å²) in [5, 5.41) is 0. The molecule has 2 aromatic rings. The minimum atomic E-state index is -0.522. The first kappa shape index (κ1) is 14.1. The molecule has 0 amide bonds. The highest BCUT2D eigenvalue weighted by molar-refractivity contribution is 7.78. The lowest BCUT2D eigenvalue weighted by molar-refractivity contribution is 0.995. The summed E-state index contributed by atoms with van der Waals surface area (Å²) in [6, 6.07) is 2.43. The molecule has 0 aliphatic carbocycles. The Morgan fingerprint density at radius 3 is 1.33 bits per heavy atom. The zero-order chi connectivity index (χ0) is 13.7. The van der Waals surface area contributed by atoms with Crippen molar-refractivity contribution < 1.29 is 0 Å². The van der Waals surface area contributed by atoms with Gasteiger partial charge >= 0.3 is 11.4 Å². The highest BCUT2D eigenvalue weighted by Gasteiger charge is 1.87. The van der Waals surface area contributed by atoms with E-state index in [1.54, 1.807) is 0 Å². The van der Waals surface area contributed by atoms with Crippen molar-refractivity contribution in [3.63, 3.8) is 0 Å². The van der Waals surface area contributed by atoms with Crippen LogP contribution in [0.2, 0.25) is 0 Å². The average Bonchev–Trinajstić information content (AvgIpc) is 2.30. The first-order valence-corrected chi connectivity index (χ1v) is 5.22. The van der Waals surface area contributed by atoms with Gasteiger partial charge in [-0.25, -0.2) is 17.5 Å². The Bertz CT molecular complexity index is 691. The third-order valence-corrected chi connectivity index (χ3v) is 2.24. The lowest BCUT2D eigenvalue weighted by Gasteiger charge is -1.87. The predicted octanol–water partition coefficient (Wildman–Crippen LogP) is -1.54. The number of thiol groups is 2. The van der Waals surface area contributed by atoms with Crippen molar-refractivity contribution in [3.8, 4) is 0 Å². The molecule has 2 N–H and O–H groups in total. The first-order valence-electron chi connectivity index (χ1n) is 4.42. The Labute approximate surface area is 110 Å². The summed E-state index contributed by atoms with van der Waals surface area (Å²) in [6.07, 6.45) is 2.56. The van der Waals surface area contributed by atoms with Gasteiger partial charge in [-0.05, 0) is 0 Å². The SMILES string of the molecule is O=c1ccn(S)c(=O)[nH]1.O=c1ccn(S)c(=O)[nH]1. The normalized spacial score (nSPS) is 9.44. The number of H-pyrrole nitrogens is 2. The minimum absolute atomic E-state index is 0.412. The quantitative estimate of drug-likeness (QED) is 0.440. The summed E-state index contributed by atoms with van der Waals surface area (Å²) in [5.74, 6) is 0. The summed E-state index contributed by atoms with van der Waals surface area (Å²) < 4.78 is 1.97. The molecule has 0 saturated carbocycles. The van der Waals surface area contributed by atoms with Gasteiger partial charge < -0.3 is 0 Å². The number of nitrogens with one attached hydrogen (secondary N) is 2. The number of nitrogens with zero attached hydrogens (tertiary/aromatic N) is 2. The van der Waals surface area contributed by atoms with Gasteiger partial charge in [0.15, 0.2) is 0 Å². The van der Waals surface area contributed by atoms with Crippen LogP contribution in [0.3, 0.4) is 0 Å². The molecule has 0 aromatic carbocycles. The molecule has 8 nitrogen and oxygen atoms in total. The molecule has 0 bridgehead atoms. The van der Waals surface area contributed by atoms with Crippen LogP contribution in [0.15, 0.2) is 43.7 Å². The van der Waals surface area contributed by atoms with Crippen LogP contribution in [0.25, 0.3) is 0 Å². The van der Waals surface area contributed by atoms with Crippen LogP contribution in [0.1, 0.15) is 0 Å². The number of rotatable bonds is 0. The van der Waals surface area contributed by atoms with E-state index in [0.29, 0.717) is 0 Å². The second-order valence-corrected chi connectivity index (χ2v) is 3.77. The molecular formula is C8H8N4O4S2. The largest absolute Gasteiger partial charge is 0.338 e. The molecule has 0 spiro atoms. The van der Waals surface area contributed by atoms with Crippen LogP contribution in [0.5, 0.6) is 0 Å². The smallest absolute Gasteiger partial charge is 0.273 e. The predicted molar refractivity (Wildman–Crippen MR) is 71.4 cm³/mol. The fraction of sp³-hybridized carbons (Fsp3) is 0. The molecule has 2 aromatic heterocycles. The van der Waals surface area contributed by atoms with Crippen molar-refractivity contribution in [1.29, 1.82) is 0 Å². The molecular weight excluding hydrogens is 280 g/mol. The number of hydrogen-bond acceptors (Lipinski definition) is 6. The van der Waals surface area contributed by atoms with E-state index in [0.717, 1.165) is 7.94 Å².